The summed E-state index contributed by atoms with van der Waals surface area (Å²) in [6.07, 6.45) is 2.39. The number of ether oxygens (including phenoxy) is 1. The molecule has 0 spiro atoms. The van der Waals surface area contributed by atoms with Crippen LogP contribution in [0.25, 0.3) is 0 Å². The van der Waals surface area contributed by atoms with Crippen LogP contribution in [0.15, 0.2) is 18.2 Å². The van der Waals surface area contributed by atoms with Crippen LogP contribution in [-0.2, 0) is 11.3 Å². The molecule has 0 heterocycles. The zero-order valence-corrected chi connectivity index (χ0v) is 12.1. The van der Waals surface area contributed by atoms with Gasteiger partial charge in [-0.15, -0.1) is 0 Å². The molecule has 0 aliphatic carbocycles. The van der Waals surface area contributed by atoms with Gasteiger partial charge in [0.1, 0.15) is 6.04 Å². The van der Waals surface area contributed by atoms with Crippen molar-refractivity contribution in [1.82, 2.24) is 5.32 Å². The van der Waals surface area contributed by atoms with Crippen molar-refractivity contribution in [3.05, 3.63) is 23.8 Å². The average Bonchev–Trinajstić information content (AvgIpc) is 2.42. The first-order chi connectivity index (χ1) is 9.60. The van der Waals surface area contributed by atoms with Crippen molar-refractivity contribution in [2.45, 2.75) is 45.7 Å². The largest absolute Gasteiger partial charge is 0.504 e. The number of phenolic OH excluding ortho intramolecular Hbond substituents is 1. The van der Waals surface area contributed by atoms with Gasteiger partial charge in [-0.1, -0.05) is 31.9 Å². The van der Waals surface area contributed by atoms with Gasteiger partial charge in [0.15, 0.2) is 11.5 Å². The summed E-state index contributed by atoms with van der Waals surface area (Å²) in [4.78, 5) is 11.1. The number of carboxylic acids is 1. The lowest BCUT2D eigenvalue weighted by Crippen LogP contribution is -2.36. The summed E-state index contributed by atoms with van der Waals surface area (Å²) < 4.78 is 5.30. The lowest BCUT2D eigenvalue weighted by atomic mass is 10.1. The maximum absolute atomic E-state index is 11.1. The number of rotatable bonds is 9. The van der Waals surface area contributed by atoms with Gasteiger partial charge in [0.25, 0.3) is 0 Å². The number of unbranched alkanes of at least 4 members (excludes halogenated alkanes) is 1. The number of phenols is 1. The molecule has 0 aliphatic heterocycles. The number of aromatic hydroxyl groups is 1. The molecule has 1 atom stereocenters. The molecule has 1 rings (SSSR count). The van der Waals surface area contributed by atoms with Crippen LogP contribution in [0.1, 0.15) is 38.7 Å². The maximum Gasteiger partial charge on any atom is 0.320 e. The van der Waals surface area contributed by atoms with Crippen molar-refractivity contribution in [3.8, 4) is 11.5 Å². The molecule has 0 saturated carbocycles. The maximum atomic E-state index is 11.1. The van der Waals surface area contributed by atoms with Crippen LogP contribution >= 0.6 is 0 Å². The van der Waals surface area contributed by atoms with Gasteiger partial charge in [0.05, 0.1) is 6.61 Å². The predicted octanol–water partition coefficient (Wildman–Crippen LogP) is 2.52. The van der Waals surface area contributed by atoms with E-state index in [-0.39, 0.29) is 5.75 Å². The van der Waals surface area contributed by atoms with Gasteiger partial charge in [-0.3, -0.25) is 4.79 Å². The quantitative estimate of drug-likeness (QED) is 0.648. The van der Waals surface area contributed by atoms with Crippen LogP contribution in [-0.4, -0.2) is 28.8 Å². The van der Waals surface area contributed by atoms with E-state index < -0.39 is 12.0 Å². The Bertz CT molecular complexity index is 434. The summed E-state index contributed by atoms with van der Waals surface area (Å²) in [5, 5.41) is 22.1. The lowest BCUT2D eigenvalue weighted by molar-refractivity contribution is -0.139. The number of carboxylic acid groups (broad SMARTS) is 1. The number of benzene rings is 1. The minimum absolute atomic E-state index is 0.0708. The molecule has 112 valence electrons. The summed E-state index contributed by atoms with van der Waals surface area (Å²) in [5.41, 5.74) is 0.638. The number of aliphatic carboxylic acids is 1. The third kappa shape index (κ3) is 4.74. The normalized spacial score (nSPS) is 12.1. The molecule has 5 heteroatoms. The summed E-state index contributed by atoms with van der Waals surface area (Å²) in [6, 6.07) is 4.63. The van der Waals surface area contributed by atoms with E-state index in [0.717, 1.165) is 12.8 Å². The van der Waals surface area contributed by atoms with Gasteiger partial charge < -0.3 is 20.3 Å². The predicted molar refractivity (Wildman–Crippen MR) is 77.1 cm³/mol. The third-order valence-electron chi connectivity index (χ3n) is 3.07. The summed E-state index contributed by atoms with van der Waals surface area (Å²) in [5.74, 6) is -0.368. The van der Waals surface area contributed by atoms with Gasteiger partial charge in [0.2, 0.25) is 0 Å². The highest BCUT2D eigenvalue weighted by Gasteiger charge is 2.17. The standard InChI is InChI=1S/C15H23NO4/c1-3-5-8-12(15(18)19)16-10-11-7-6-9-13(14(11)17)20-4-2/h6-7,9,12,16-17H,3-5,8,10H2,1-2H3,(H,18,19). The molecular weight excluding hydrogens is 258 g/mol. The van der Waals surface area contributed by atoms with Crippen LogP contribution in [0.3, 0.4) is 0 Å². The van der Waals surface area contributed by atoms with Crippen LogP contribution in [0.4, 0.5) is 0 Å². The number of hydrogen-bond acceptors (Lipinski definition) is 4. The zero-order valence-electron chi connectivity index (χ0n) is 12.1. The number of carbonyl (C=O) groups is 1. The first kappa shape index (κ1) is 16.3. The SMILES string of the molecule is CCCCC(NCc1cccc(OCC)c1O)C(=O)O. The first-order valence-corrected chi connectivity index (χ1v) is 7.00. The molecule has 1 aromatic rings. The van der Waals surface area contributed by atoms with Crippen molar-refractivity contribution in [2.24, 2.45) is 0 Å². The molecular formula is C15H23NO4. The topological polar surface area (TPSA) is 78.8 Å². The van der Waals surface area contributed by atoms with Gasteiger partial charge >= 0.3 is 5.97 Å². The molecule has 0 bridgehead atoms. The molecule has 0 amide bonds. The fourth-order valence-electron chi connectivity index (χ4n) is 1.94. The Morgan fingerprint density at radius 3 is 2.75 bits per heavy atom. The highest BCUT2D eigenvalue weighted by molar-refractivity contribution is 5.73. The van der Waals surface area contributed by atoms with Gasteiger partial charge in [-0.25, -0.2) is 0 Å². The molecule has 3 N–H and O–H groups in total. The Kier molecular flexibility index (Phi) is 6.87. The van der Waals surface area contributed by atoms with Crippen molar-refractivity contribution in [2.75, 3.05) is 6.61 Å². The van der Waals surface area contributed by atoms with Crippen LogP contribution < -0.4 is 10.1 Å². The minimum atomic E-state index is -0.862. The Morgan fingerprint density at radius 2 is 2.15 bits per heavy atom. The second-order valence-electron chi connectivity index (χ2n) is 4.61. The van der Waals surface area contributed by atoms with E-state index in [1.54, 1.807) is 18.2 Å². The summed E-state index contributed by atoms with van der Waals surface area (Å²) >= 11 is 0. The fraction of sp³-hybridized carbons (Fsp3) is 0.533. The Morgan fingerprint density at radius 1 is 1.40 bits per heavy atom. The van der Waals surface area contributed by atoms with Gasteiger partial charge in [-0.05, 0) is 19.4 Å². The van der Waals surface area contributed by atoms with Gasteiger partial charge in [0, 0.05) is 12.1 Å². The van der Waals surface area contributed by atoms with E-state index in [0.29, 0.717) is 30.9 Å². The second kappa shape index (κ2) is 8.43. The smallest absolute Gasteiger partial charge is 0.320 e. The van der Waals surface area contributed by atoms with E-state index in [1.807, 2.05) is 13.8 Å². The number of nitrogens with one attached hydrogen (secondary N) is 1. The molecule has 1 aromatic carbocycles. The minimum Gasteiger partial charge on any atom is -0.504 e. The number of para-hydroxylation sites is 1. The van der Waals surface area contributed by atoms with Crippen LogP contribution in [0.5, 0.6) is 11.5 Å². The lowest BCUT2D eigenvalue weighted by Gasteiger charge is -2.15. The highest BCUT2D eigenvalue weighted by atomic mass is 16.5. The van der Waals surface area contributed by atoms with Crippen LogP contribution in [0, 0.1) is 0 Å². The van der Waals surface area contributed by atoms with E-state index in [4.69, 9.17) is 9.84 Å². The van der Waals surface area contributed by atoms with E-state index >= 15 is 0 Å². The van der Waals surface area contributed by atoms with Crippen molar-refractivity contribution in [1.29, 1.82) is 0 Å². The Labute approximate surface area is 119 Å². The molecule has 0 aliphatic rings. The molecule has 0 aromatic heterocycles. The third-order valence-corrected chi connectivity index (χ3v) is 3.07. The molecule has 0 saturated heterocycles. The molecule has 1 unspecified atom stereocenters. The second-order valence-corrected chi connectivity index (χ2v) is 4.61. The monoisotopic (exact) mass is 281 g/mol. The van der Waals surface area contributed by atoms with Crippen molar-refractivity contribution < 1.29 is 19.7 Å². The molecule has 0 radical (unpaired) electrons. The van der Waals surface area contributed by atoms with E-state index in [2.05, 4.69) is 5.32 Å². The Balaban J connectivity index is 2.67. The Hall–Kier alpha value is -1.75. The number of hydrogen-bond donors (Lipinski definition) is 3. The average molecular weight is 281 g/mol. The van der Waals surface area contributed by atoms with E-state index in [1.165, 1.54) is 0 Å². The summed E-state index contributed by atoms with van der Waals surface area (Å²) in [7, 11) is 0. The molecule has 20 heavy (non-hydrogen) atoms. The highest BCUT2D eigenvalue weighted by Crippen LogP contribution is 2.29. The van der Waals surface area contributed by atoms with Crippen LogP contribution in [0.2, 0.25) is 0 Å². The van der Waals surface area contributed by atoms with Crippen molar-refractivity contribution >= 4 is 5.97 Å². The van der Waals surface area contributed by atoms with Gasteiger partial charge in [-0.2, -0.15) is 0 Å². The van der Waals surface area contributed by atoms with Crippen molar-refractivity contribution in [3.63, 3.8) is 0 Å². The van der Waals surface area contributed by atoms with E-state index in [9.17, 15) is 9.90 Å². The fourth-order valence-corrected chi connectivity index (χ4v) is 1.94. The molecule has 5 nitrogen and oxygen atoms in total. The first-order valence-electron chi connectivity index (χ1n) is 7.00. The summed E-state index contributed by atoms with van der Waals surface area (Å²) in [6.45, 7) is 4.64. The zero-order chi connectivity index (χ0) is 15.0. The molecule has 0 fully saturated rings.